The third-order valence-electron chi connectivity index (χ3n) is 2.74. The molecule has 0 spiro atoms. The molecule has 0 saturated heterocycles. The van der Waals surface area contributed by atoms with Crippen LogP contribution in [-0.2, 0) is 6.54 Å². The highest BCUT2D eigenvalue weighted by molar-refractivity contribution is 5.31. The molecule has 0 bridgehead atoms. The molecule has 0 atom stereocenters. The van der Waals surface area contributed by atoms with Crippen molar-refractivity contribution < 1.29 is 0 Å². The average Bonchev–Trinajstić information content (AvgIpc) is 2.26. The first kappa shape index (κ1) is 14.9. The zero-order valence-electron chi connectivity index (χ0n) is 12.5. The van der Waals surface area contributed by atoms with Gasteiger partial charge in [-0.2, -0.15) is 0 Å². The van der Waals surface area contributed by atoms with E-state index in [-0.39, 0.29) is 5.54 Å². The van der Waals surface area contributed by atoms with Crippen LogP contribution in [0, 0.1) is 6.92 Å². The van der Waals surface area contributed by atoms with Crippen molar-refractivity contribution in [2.75, 3.05) is 18.0 Å². The van der Waals surface area contributed by atoms with Gasteiger partial charge < -0.3 is 10.2 Å². The van der Waals surface area contributed by atoms with E-state index in [0.717, 1.165) is 37.0 Å². The summed E-state index contributed by atoms with van der Waals surface area (Å²) in [5.74, 6) is 0.839. The van der Waals surface area contributed by atoms with Crippen LogP contribution in [0.4, 0.5) is 5.95 Å². The lowest BCUT2D eigenvalue weighted by Crippen LogP contribution is -2.35. The summed E-state index contributed by atoms with van der Waals surface area (Å²) in [5.41, 5.74) is 2.19. The van der Waals surface area contributed by atoms with E-state index in [1.165, 1.54) is 0 Å². The van der Waals surface area contributed by atoms with Crippen molar-refractivity contribution in [2.24, 2.45) is 0 Å². The van der Waals surface area contributed by atoms with Crippen LogP contribution in [0.15, 0.2) is 6.07 Å². The summed E-state index contributed by atoms with van der Waals surface area (Å²) in [6, 6.07) is 2.05. The van der Waals surface area contributed by atoms with Crippen molar-refractivity contribution in [1.82, 2.24) is 15.3 Å². The number of hydrogen-bond acceptors (Lipinski definition) is 4. The van der Waals surface area contributed by atoms with Crippen LogP contribution in [0.1, 0.15) is 46.0 Å². The Morgan fingerprint density at radius 2 is 1.78 bits per heavy atom. The van der Waals surface area contributed by atoms with E-state index in [9.17, 15) is 0 Å². The van der Waals surface area contributed by atoms with Crippen molar-refractivity contribution in [3.05, 3.63) is 17.5 Å². The fraction of sp³-hybridized carbons (Fsp3) is 0.714. The van der Waals surface area contributed by atoms with E-state index in [1.54, 1.807) is 0 Å². The van der Waals surface area contributed by atoms with Gasteiger partial charge in [0.25, 0.3) is 0 Å². The smallest absolute Gasteiger partial charge is 0.225 e. The van der Waals surface area contributed by atoms with Crippen LogP contribution in [0.2, 0.25) is 0 Å². The molecule has 1 N–H and O–H groups in total. The van der Waals surface area contributed by atoms with Gasteiger partial charge in [0.2, 0.25) is 5.95 Å². The Hall–Kier alpha value is -1.16. The summed E-state index contributed by atoms with van der Waals surface area (Å²) in [7, 11) is 0. The number of aromatic nitrogens is 2. The lowest BCUT2D eigenvalue weighted by molar-refractivity contribution is 0.421. The second-order valence-corrected chi connectivity index (χ2v) is 5.58. The Bertz CT molecular complexity index is 378. The zero-order valence-corrected chi connectivity index (χ0v) is 12.5. The van der Waals surface area contributed by atoms with Gasteiger partial charge in [0, 0.05) is 30.9 Å². The Balaban J connectivity index is 2.87. The number of anilines is 1. The molecule has 0 saturated carbocycles. The Morgan fingerprint density at radius 3 is 2.28 bits per heavy atom. The largest absolute Gasteiger partial charge is 0.341 e. The van der Waals surface area contributed by atoms with Gasteiger partial charge in [-0.25, -0.2) is 9.97 Å². The number of rotatable bonds is 5. The maximum absolute atomic E-state index is 4.63. The first-order valence-electron chi connectivity index (χ1n) is 6.70. The van der Waals surface area contributed by atoms with Gasteiger partial charge in [-0.05, 0) is 47.6 Å². The summed E-state index contributed by atoms with van der Waals surface area (Å²) >= 11 is 0. The standard InChI is InChI=1S/C14H26N4/c1-7-18(8-2)13-16-11(3)9-12(17-13)10-15-14(4,5)6/h9,15H,7-8,10H2,1-6H3. The molecule has 1 rings (SSSR count). The quantitative estimate of drug-likeness (QED) is 0.872. The Morgan fingerprint density at radius 1 is 1.17 bits per heavy atom. The highest BCUT2D eigenvalue weighted by Crippen LogP contribution is 2.11. The van der Waals surface area contributed by atoms with Gasteiger partial charge in [0.1, 0.15) is 0 Å². The molecule has 0 aliphatic carbocycles. The summed E-state index contributed by atoms with van der Waals surface area (Å²) in [5, 5.41) is 3.46. The topological polar surface area (TPSA) is 41.1 Å². The summed E-state index contributed by atoms with van der Waals surface area (Å²) in [4.78, 5) is 11.3. The molecule has 1 heterocycles. The monoisotopic (exact) mass is 250 g/mol. The highest BCUT2D eigenvalue weighted by Gasteiger charge is 2.11. The fourth-order valence-corrected chi connectivity index (χ4v) is 1.71. The van der Waals surface area contributed by atoms with Crippen molar-refractivity contribution in [1.29, 1.82) is 0 Å². The maximum Gasteiger partial charge on any atom is 0.225 e. The van der Waals surface area contributed by atoms with Gasteiger partial charge in [-0.3, -0.25) is 0 Å². The minimum absolute atomic E-state index is 0.105. The number of nitrogens with zero attached hydrogens (tertiary/aromatic N) is 3. The minimum Gasteiger partial charge on any atom is -0.341 e. The molecular weight excluding hydrogens is 224 g/mol. The predicted molar refractivity (Wildman–Crippen MR) is 76.9 cm³/mol. The molecule has 18 heavy (non-hydrogen) atoms. The lowest BCUT2D eigenvalue weighted by atomic mass is 10.1. The Labute approximate surface area is 111 Å². The van der Waals surface area contributed by atoms with Crippen molar-refractivity contribution in [3.8, 4) is 0 Å². The molecule has 4 heteroatoms. The lowest BCUT2D eigenvalue weighted by Gasteiger charge is -2.22. The normalized spacial score (nSPS) is 11.7. The molecule has 0 fully saturated rings. The van der Waals surface area contributed by atoms with Crippen molar-refractivity contribution in [3.63, 3.8) is 0 Å². The molecule has 0 radical (unpaired) electrons. The second-order valence-electron chi connectivity index (χ2n) is 5.58. The third kappa shape index (κ3) is 4.61. The first-order valence-corrected chi connectivity index (χ1v) is 6.70. The minimum atomic E-state index is 0.105. The van der Waals surface area contributed by atoms with Gasteiger partial charge in [0.05, 0.1) is 5.69 Å². The molecular formula is C14H26N4. The molecule has 102 valence electrons. The number of nitrogens with one attached hydrogen (secondary N) is 1. The Kier molecular flexibility index (Phi) is 5.08. The molecule has 0 aromatic carbocycles. The molecule has 1 aromatic heterocycles. The molecule has 0 amide bonds. The van der Waals surface area contributed by atoms with E-state index in [1.807, 2.05) is 13.0 Å². The fourth-order valence-electron chi connectivity index (χ4n) is 1.71. The maximum atomic E-state index is 4.63. The first-order chi connectivity index (χ1) is 8.35. The number of aryl methyl sites for hydroxylation is 1. The van der Waals surface area contributed by atoms with Gasteiger partial charge in [-0.1, -0.05) is 0 Å². The highest BCUT2D eigenvalue weighted by atomic mass is 15.2. The SMILES string of the molecule is CCN(CC)c1nc(C)cc(CNC(C)(C)C)n1. The second kappa shape index (κ2) is 6.14. The van der Waals surface area contributed by atoms with E-state index in [2.05, 4.69) is 54.8 Å². The molecule has 4 nitrogen and oxygen atoms in total. The van der Waals surface area contributed by atoms with E-state index in [4.69, 9.17) is 0 Å². The summed E-state index contributed by atoms with van der Waals surface area (Å²) in [6.45, 7) is 15.4. The van der Waals surface area contributed by atoms with Crippen molar-refractivity contribution in [2.45, 2.75) is 53.6 Å². The van der Waals surface area contributed by atoms with E-state index < -0.39 is 0 Å². The van der Waals surface area contributed by atoms with Crippen LogP contribution in [0.3, 0.4) is 0 Å². The molecule has 0 aliphatic heterocycles. The molecule has 0 aliphatic rings. The molecule has 0 unspecified atom stereocenters. The van der Waals surface area contributed by atoms with Crippen molar-refractivity contribution >= 4 is 5.95 Å². The van der Waals surface area contributed by atoms with Crippen LogP contribution in [0.25, 0.3) is 0 Å². The van der Waals surface area contributed by atoms with Crippen LogP contribution in [0.5, 0.6) is 0 Å². The van der Waals surface area contributed by atoms with Gasteiger partial charge in [0.15, 0.2) is 0 Å². The van der Waals surface area contributed by atoms with E-state index >= 15 is 0 Å². The average molecular weight is 250 g/mol. The summed E-state index contributed by atoms with van der Waals surface area (Å²) < 4.78 is 0. The molecule has 1 aromatic rings. The van der Waals surface area contributed by atoms with Gasteiger partial charge in [-0.15, -0.1) is 0 Å². The zero-order chi connectivity index (χ0) is 13.8. The van der Waals surface area contributed by atoms with Crippen LogP contribution >= 0.6 is 0 Å². The predicted octanol–water partition coefficient (Wildman–Crippen LogP) is 2.52. The third-order valence-corrected chi connectivity index (χ3v) is 2.74. The van der Waals surface area contributed by atoms with Crippen LogP contribution in [-0.4, -0.2) is 28.6 Å². The van der Waals surface area contributed by atoms with E-state index in [0.29, 0.717) is 0 Å². The number of hydrogen-bond donors (Lipinski definition) is 1. The summed E-state index contributed by atoms with van der Waals surface area (Å²) in [6.07, 6.45) is 0. The van der Waals surface area contributed by atoms with Gasteiger partial charge >= 0.3 is 0 Å². The van der Waals surface area contributed by atoms with Crippen LogP contribution < -0.4 is 10.2 Å².